The van der Waals surface area contributed by atoms with Crippen LogP contribution in [0.2, 0.25) is 0 Å². The molecule has 0 saturated heterocycles. The number of hydrogen-bond donors (Lipinski definition) is 2. The number of aliphatic imine (C=N–C) groups is 1. The molecule has 0 atom stereocenters. The number of nitrogens with zero attached hydrogens (tertiary/aromatic N) is 3. The zero-order valence-corrected chi connectivity index (χ0v) is 18.8. The van der Waals surface area contributed by atoms with Crippen LogP contribution in [-0.2, 0) is 22.9 Å². The van der Waals surface area contributed by atoms with Crippen LogP contribution in [0.15, 0.2) is 52.4 Å². The van der Waals surface area contributed by atoms with Gasteiger partial charge in [0.2, 0.25) is 0 Å². The van der Waals surface area contributed by atoms with Crippen LogP contribution in [0.4, 0.5) is 0 Å². The average Bonchev–Trinajstić information content (AvgIpc) is 3.01. The summed E-state index contributed by atoms with van der Waals surface area (Å²) >= 11 is 0. The molecule has 0 unspecified atom stereocenters. The molecule has 3 aromatic rings. The van der Waals surface area contributed by atoms with Crippen LogP contribution >= 0.6 is 0 Å². The fourth-order valence-corrected chi connectivity index (χ4v) is 4.53. The van der Waals surface area contributed by atoms with Gasteiger partial charge in [0.05, 0.1) is 15.9 Å². The van der Waals surface area contributed by atoms with Crippen LogP contribution in [-0.4, -0.2) is 43.8 Å². The van der Waals surface area contributed by atoms with E-state index in [0.29, 0.717) is 17.4 Å². The Kier molecular flexibility index (Phi) is 6.77. The number of rotatable bonds is 7. The fraction of sp³-hybridized carbons (Fsp3) is 0.364. The summed E-state index contributed by atoms with van der Waals surface area (Å²) < 4.78 is 25.7. The highest BCUT2D eigenvalue weighted by atomic mass is 32.2. The molecule has 2 aromatic carbocycles. The van der Waals surface area contributed by atoms with Gasteiger partial charge in [0, 0.05) is 32.9 Å². The normalized spacial score (nSPS) is 12.3. The number of sulfone groups is 1. The van der Waals surface area contributed by atoms with Crippen molar-refractivity contribution in [1.82, 2.24) is 20.2 Å². The third kappa shape index (κ3) is 5.18. The molecule has 0 amide bonds. The Morgan fingerprint density at radius 3 is 2.60 bits per heavy atom. The smallest absolute Gasteiger partial charge is 0.191 e. The van der Waals surface area contributed by atoms with Gasteiger partial charge in [0.25, 0.3) is 0 Å². The summed E-state index contributed by atoms with van der Waals surface area (Å²) in [6.07, 6.45) is 2.16. The van der Waals surface area contributed by atoms with Crippen molar-refractivity contribution in [2.24, 2.45) is 4.99 Å². The van der Waals surface area contributed by atoms with Crippen molar-refractivity contribution in [3.63, 3.8) is 0 Å². The van der Waals surface area contributed by atoms with Crippen molar-refractivity contribution < 1.29 is 8.42 Å². The first kappa shape index (κ1) is 21.8. The van der Waals surface area contributed by atoms with Gasteiger partial charge in [0.1, 0.15) is 5.82 Å². The highest BCUT2D eigenvalue weighted by Crippen LogP contribution is 2.17. The first-order valence-electron chi connectivity index (χ1n) is 9.95. The van der Waals surface area contributed by atoms with E-state index in [9.17, 15) is 8.42 Å². The van der Waals surface area contributed by atoms with Gasteiger partial charge in [-0.15, -0.1) is 0 Å². The van der Waals surface area contributed by atoms with Gasteiger partial charge in [0.15, 0.2) is 15.8 Å². The lowest BCUT2D eigenvalue weighted by atomic mass is 10.1. The van der Waals surface area contributed by atoms with Gasteiger partial charge in [-0.3, -0.25) is 4.99 Å². The van der Waals surface area contributed by atoms with E-state index in [4.69, 9.17) is 0 Å². The number of para-hydroxylation sites is 2. The van der Waals surface area contributed by atoms with Crippen LogP contribution in [0.1, 0.15) is 23.4 Å². The minimum atomic E-state index is -3.20. The van der Waals surface area contributed by atoms with E-state index in [2.05, 4.69) is 31.2 Å². The van der Waals surface area contributed by atoms with Crippen molar-refractivity contribution >= 4 is 26.8 Å². The van der Waals surface area contributed by atoms with Gasteiger partial charge in [-0.2, -0.15) is 0 Å². The number of imidazole rings is 1. The van der Waals surface area contributed by atoms with Crippen molar-refractivity contribution in [3.05, 3.63) is 59.4 Å². The van der Waals surface area contributed by atoms with E-state index in [1.165, 1.54) is 6.26 Å². The Labute approximate surface area is 178 Å². The van der Waals surface area contributed by atoms with Gasteiger partial charge in [-0.25, -0.2) is 13.4 Å². The first-order valence-corrected chi connectivity index (χ1v) is 11.8. The number of aryl methyl sites for hydroxylation is 3. The van der Waals surface area contributed by atoms with Crippen LogP contribution < -0.4 is 10.6 Å². The predicted molar refractivity (Wildman–Crippen MR) is 122 cm³/mol. The molecule has 0 aliphatic carbocycles. The second kappa shape index (κ2) is 9.30. The number of hydrogen-bond acceptors (Lipinski definition) is 4. The maximum atomic E-state index is 11.8. The number of benzene rings is 2. The molecule has 0 bridgehead atoms. The van der Waals surface area contributed by atoms with E-state index in [-0.39, 0.29) is 0 Å². The Hall–Kier alpha value is -2.87. The van der Waals surface area contributed by atoms with Crippen molar-refractivity contribution in [2.75, 3.05) is 19.8 Å². The molecule has 2 N–H and O–H groups in total. The minimum absolute atomic E-state index is 0.371. The van der Waals surface area contributed by atoms with E-state index in [1.807, 2.05) is 44.2 Å². The molecule has 0 saturated carbocycles. The number of fused-ring (bicyclic) bond motifs is 1. The second-order valence-electron chi connectivity index (χ2n) is 7.38. The summed E-state index contributed by atoms with van der Waals surface area (Å²) in [6, 6.07) is 13.6. The molecule has 0 aliphatic heterocycles. The minimum Gasteiger partial charge on any atom is -0.356 e. The van der Waals surface area contributed by atoms with Crippen molar-refractivity contribution in [2.45, 2.75) is 38.3 Å². The second-order valence-corrected chi connectivity index (χ2v) is 9.36. The Bertz CT molecular complexity index is 1170. The molecule has 1 heterocycles. The summed E-state index contributed by atoms with van der Waals surface area (Å²) in [5.41, 5.74) is 3.94. The zero-order chi connectivity index (χ0) is 21.7. The summed E-state index contributed by atoms with van der Waals surface area (Å²) in [4.78, 5) is 9.24. The predicted octanol–water partition coefficient (Wildman–Crippen LogP) is 2.81. The number of aromatic nitrogens is 2. The molecule has 3 rings (SSSR count). The van der Waals surface area contributed by atoms with Crippen LogP contribution in [0.5, 0.6) is 0 Å². The zero-order valence-electron chi connectivity index (χ0n) is 17.9. The highest BCUT2D eigenvalue weighted by Gasteiger charge is 2.11. The first-order chi connectivity index (χ1) is 14.3. The standard InChI is InChI=1S/C22H29N5O2S/c1-16-14-18(10-11-21(16)30(4,28)29)15-25-22(23-3)24-12-7-13-27-17(2)26-19-8-5-6-9-20(19)27/h5-6,8-11,14H,7,12-13,15H2,1-4H3,(H2,23,24,25). The Balaban J connectivity index is 1.51. The van der Waals surface area contributed by atoms with Gasteiger partial charge in [-0.1, -0.05) is 24.3 Å². The van der Waals surface area contributed by atoms with Gasteiger partial charge in [-0.05, 0) is 49.6 Å². The lowest BCUT2D eigenvalue weighted by Crippen LogP contribution is -2.37. The molecule has 1 aromatic heterocycles. The molecule has 30 heavy (non-hydrogen) atoms. The topological polar surface area (TPSA) is 88.4 Å². The summed E-state index contributed by atoms with van der Waals surface area (Å²) in [7, 11) is -1.46. The van der Waals surface area contributed by atoms with E-state index in [1.54, 1.807) is 13.1 Å². The molecule has 0 spiro atoms. The van der Waals surface area contributed by atoms with E-state index >= 15 is 0 Å². The molecule has 160 valence electrons. The van der Waals surface area contributed by atoms with Crippen molar-refractivity contribution in [1.29, 1.82) is 0 Å². The Morgan fingerprint density at radius 2 is 1.90 bits per heavy atom. The molecular formula is C22H29N5O2S. The van der Waals surface area contributed by atoms with Crippen LogP contribution in [0.25, 0.3) is 11.0 Å². The number of nitrogens with one attached hydrogen (secondary N) is 2. The summed E-state index contributed by atoms with van der Waals surface area (Å²) in [5, 5.41) is 6.61. The SMILES string of the molecule is CN=C(NCCCn1c(C)nc2ccccc21)NCc1ccc(S(C)(=O)=O)c(C)c1. The third-order valence-electron chi connectivity index (χ3n) is 5.02. The molecule has 8 heteroatoms. The average molecular weight is 428 g/mol. The van der Waals surface area contributed by atoms with Crippen molar-refractivity contribution in [3.8, 4) is 0 Å². The Morgan fingerprint density at radius 1 is 1.13 bits per heavy atom. The molecular weight excluding hydrogens is 398 g/mol. The third-order valence-corrected chi connectivity index (χ3v) is 6.28. The maximum absolute atomic E-state index is 11.8. The lowest BCUT2D eigenvalue weighted by Gasteiger charge is -2.13. The highest BCUT2D eigenvalue weighted by molar-refractivity contribution is 7.90. The molecule has 0 radical (unpaired) electrons. The van der Waals surface area contributed by atoms with E-state index in [0.717, 1.165) is 47.5 Å². The molecule has 0 aliphatic rings. The van der Waals surface area contributed by atoms with Crippen LogP contribution in [0, 0.1) is 13.8 Å². The fourth-order valence-electron chi connectivity index (χ4n) is 3.57. The molecule has 7 nitrogen and oxygen atoms in total. The molecule has 0 fully saturated rings. The van der Waals surface area contributed by atoms with Gasteiger partial charge >= 0.3 is 0 Å². The van der Waals surface area contributed by atoms with Gasteiger partial charge < -0.3 is 15.2 Å². The summed E-state index contributed by atoms with van der Waals surface area (Å²) in [5.74, 6) is 1.73. The maximum Gasteiger partial charge on any atom is 0.191 e. The number of guanidine groups is 1. The van der Waals surface area contributed by atoms with Crippen LogP contribution in [0.3, 0.4) is 0 Å². The lowest BCUT2D eigenvalue weighted by molar-refractivity contribution is 0.601. The largest absolute Gasteiger partial charge is 0.356 e. The van der Waals surface area contributed by atoms with E-state index < -0.39 is 9.84 Å². The summed E-state index contributed by atoms with van der Waals surface area (Å²) in [6.45, 7) is 6.07. The quantitative estimate of drug-likeness (QED) is 0.344. The monoisotopic (exact) mass is 427 g/mol.